The first-order valence-corrected chi connectivity index (χ1v) is 37.8. The van der Waals surface area contributed by atoms with Gasteiger partial charge in [0.05, 0.1) is 0 Å². The standard InChI is InChI=1S/4C12H21Si.C10H15.Mo.4Y.9H/c4*1-8-9(2)11(4)12(10(8)3)13(5,6)7;1-6-7(2)9(4)10(5)8(6)3;;;;;;;;;;;;;;/h4*1-7H3;1-5H3;;;;;;;;;;;;;;/q5*-1;+2;4*+3;9*-1. The molecule has 0 amide bonds. The Bertz CT molecular complexity index is 1930. The predicted molar refractivity (Wildman–Crippen MR) is 312 cm³/mol. The molecule has 5 rings (SSSR count). The molecule has 0 unspecified atom stereocenters. The molecule has 0 saturated carbocycles. The van der Waals surface area contributed by atoms with Crippen LogP contribution in [0.4, 0.5) is 0 Å². The van der Waals surface area contributed by atoms with Crippen molar-refractivity contribution in [2.24, 2.45) is 0 Å². The fourth-order valence-electron chi connectivity index (χ4n) is 10.8. The van der Waals surface area contributed by atoms with Gasteiger partial charge in [-0.25, -0.2) is 0 Å². The number of hydrogen-bond donors (Lipinski definition) is 0. The van der Waals surface area contributed by atoms with Crippen LogP contribution in [0.1, 0.15) is 130 Å². The van der Waals surface area contributed by atoms with Gasteiger partial charge in [0.25, 0.3) is 0 Å². The molecule has 0 atom stereocenters. The summed E-state index contributed by atoms with van der Waals surface area (Å²) in [7, 11) is -4.53. The second-order valence-corrected chi connectivity index (χ2v) is 43.6. The van der Waals surface area contributed by atoms with Crippen molar-refractivity contribution < 1.29 is 165 Å². The Hall–Kier alpha value is 2.72. The average Bonchev–Trinajstić information content (AvgIpc) is 3.69. The van der Waals surface area contributed by atoms with Crippen LogP contribution < -0.4 is 20.7 Å². The SMILES string of the molecule is Cc1c(C)c(C)[c-](C)c1C.Cc1c(C)c(C)[c-]([Si](C)(C)C)c1C.Cc1c(C)c(C)[c-]([Si](C)(C)C)c1C.Cc1c(C)c(C)[c-]([Si](C)(C)C)c1C.Cc1c(C)c(C)[c-]([Si](C)(C)C)c1C.[H-].[H-].[H-].[H-].[H-].[H-].[H-].[H-].[H-].[Mo+2].[Y+3].[Y+3].[Y+3].[Y+3]. The van der Waals surface area contributed by atoms with Gasteiger partial charge in [-0.3, -0.25) is 0 Å². The smallest absolute Gasteiger partial charge is 1.00 e. The monoisotopic (exact) mass is 1370 g/mol. The van der Waals surface area contributed by atoms with Crippen molar-refractivity contribution in [1.29, 1.82) is 0 Å². The Morgan fingerprint density at radius 1 is 0.224 bits per heavy atom. The first-order chi connectivity index (χ1) is 27.6. The van der Waals surface area contributed by atoms with Gasteiger partial charge in [0, 0.05) is 32.3 Å². The Morgan fingerprint density at radius 2 is 0.313 bits per heavy atom. The number of rotatable bonds is 4. The zero-order chi connectivity index (χ0) is 49.4. The van der Waals surface area contributed by atoms with Crippen LogP contribution in [-0.4, -0.2) is 32.3 Å². The molecule has 5 aromatic rings. The van der Waals surface area contributed by atoms with E-state index in [1.807, 2.05) is 0 Å². The molecule has 0 aliphatic rings. The van der Waals surface area contributed by atoms with E-state index < -0.39 is 32.3 Å². The van der Waals surface area contributed by atoms with Gasteiger partial charge in [-0.15, -0.1) is 0 Å². The van der Waals surface area contributed by atoms with Crippen molar-refractivity contribution >= 4 is 53.0 Å². The molecule has 0 saturated heterocycles. The van der Waals surface area contributed by atoms with Crippen LogP contribution in [0.3, 0.4) is 0 Å². The molecule has 0 spiro atoms. The molecular weight excluding hydrogens is 1260 g/mol. The van der Waals surface area contributed by atoms with E-state index in [4.69, 9.17) is 0 Å². The summed E-state index contributed by atoms with van der Waals surface area (Å²) in [6, 6.07) is 0. The molecule has 374 valence electrons. The van der Waals surface area contributed by atoms with Gasteiger partial charge in [0.2, 0.25) is 0 Å². The van der Waals surface area contributed by atoms with Crippen molar-refractivity contribution in [2.45, 2.75) is 224 Å². The molecule has 0 N–H and O–H groups in total. The second kappa shape index (κ2) is 30.5. The zero-order valence-electron chi connectivity index (χ0n) is 59.2. The van der Waals surface area contributed by atoms with Crippen molar-refractivity contribution in [1.82, 2.24) is 0 Å². The second-order valence-electron chi connectivity index (χ2n) is 23.6. The van der Waals surface area contributed by atoms with E-state index in [0.29, 0.717) is 0 Å². The van der Waals surface area contributed by atoms with E-state index in [2.05, 4.69) is 224 Å². The molecule has 0 fully saturated rings. The topological polar surface area (TPSA) is 0 Å². The largest absolute Gasteiger partial charge is 3.00 e. The summed E-state index contributed by atoms with van der Waals surface area (Å²) in [5.74, 6) is 0. The minimum Gasteiger partial charge on any atom is -1.00 e. The molecule has 5 aromatic carbocycles. The third-order valence-electron chi connectivity index (χ3n) is 15.6. The van der Waals surface area contributed by atoms with E-state index in [1.54, 1.807) is 65.3 Å². The van der Waals surface area contributed by atoms with Gasteiger partial charge >= 0.3 is 152 Å². The van der Waals surface area contributed by atoms with E-state index in [-0.39, 0.29) is 165 Å². The maximum absolute atomic E-state index is 2.43. The maximum atomic E-state index is 2.43. The first-order valence-electron chi connectivity index (χ1n) is 23.8. The quantitative estimate of drug-likeness (QED) is 0.124. The van der Waals surface area contributed by atoms with Gasteiger partial charge in [-0.1, -0.05) is 224 Å². The van der Waals surface area contributed by atoms with Crippen LogP contribution in [-0.2, 0) is 152 Å². The minimum absolute atomic E-state index is 0. The van der Waals surface area contributed by atoms with Gasteiger partial charge in [0.15, 0.2) is 0 Å². The van der Waals surface area contributed by atoms with Crippen LogP contribution in [0.25, 0.3) is 0 Å². The molecule has 0 aromatic heterocycles. The molecule has 9 heteroatoms. The normalized spacial score (nSPS) is 11.1. The van der Waals surface area contributed by atoms with Crippen molar-refractivity contribution in [2.75, 3.05) is 0 Å². The third-order valence-corrected chi connectivity index (χ3v) is 24.6. The Kier molecular flexibility index (Phi) is 35.7. The van der Waals surface area contributed by atoms with Crippen molar-refractivity contribution in [3.8, 4) is 0 Å². The Balaban J connectivity index is -0.0000000505. The average molecular weight is 1370 g/mol. The van der Waals surface area contributed by atoms with E-state index in [1.165, 1.54) is 72.3 Å². The molecule has 0 aliphatic carbocycles. The third kappa shape index (κ3) is 19.1. The molecule has 0 nitrogen and oxygen atoms in total. The fourth-order valence-corrected chi connectivity index (χ4v) is 21.3. The van der Waals surface area contributed by atoms with Crippen LogP contribution in [0.5, 0.6) is 0 Å². The minimum atomic E-state index is -1.13. The van der Waals surface area contributed by atoms with Crippen LogP contribution in [0, 0.1) is 145 Å². The summed E-state index contributed by atoms with van der Waals surface area (Å²) in [6.45, 7) is 76.4. The molecule has 0 radical (unpaired) electrons. The molecular formula is C58H108MoSi4Y4. The molecule has 67 heavy (non-hydrogen) atoms. The number of hydrogen-bond acceptors (Lipinski definition) is 0. The summed E-state index contributed by atoms with van der Waals surface area (Å²) in [4.78, 5) is 0. The first kappa shape index (κ1) is 78.6. The van der Waals surface area contributed by atoms with Crippen LogP contribution in [0.15, 0.2) is 0 Å². The van der Waals surface area contributed by atoms with Crippen LogP contribution >= 0.6 is 0 Å². The summed E-state index contributed by atoms with van der Waals surface area (Å²) in [5.41, 5.74) is 31.8. The predicted octanol–water partition coefficient (Wildman–Crippen LogP) is 16.7. The summed E-state index contributed by atoms with van der Waals surface area (Å²) in [5, 5.41) is 6.73. The maximum Gasteiger partial charge on any atom is 3.00 e. The summed E-state index contributed by atoms with van der Waals surface area (Å²) in [6.07, 6.45) is 0. The van der Waals surface area contributed by atoms with Gasteiger partial charge < -0.3 is 12.8 Å². The van der Waals surface area contributed by atoms with E-state index in [0.717, 1.165) is 0 Å². The van der Waals surface area contributed by atoms with Crippen molar-refractivity contribution in [3.05, 3.63) is 117 Å². The van der Waals surface area contributed by atoms with Crippen molar-refractivity contribution in [3.63, 3.8) is 0 Å². The molecule has 0 aliphatic heterocycles. The van der Waals surface area contributed by atoms with Crippen LogP contribution in [0.2, 0.25) is 78.6 Å². The summed E-state index contributed by atoms with van der Waals surface area (Å²) >= 11 is 0. The Morgan fingerprint density at radius 3 is 0.358 bits per heavy atom. The Labute approximate surface area is 550 Å². The van der Waals surface area contributed by atoms with Gasteiger partial charge in [-0.2, -0.15) is 138 Å². The van der Waals surface area contributed by atoms with E-state index in [9.17, 15) is 0 Å². The van der Waals surface area contributed by atoms with E-state index >= 15 is 0 Å². The fraction of sp³-hybridized carbons (Fsp3) is 0.569. The molecule has 0 heterocycles. The van der Waals surface area contributed by atoms with Gasteiger partial charge in [-0.05, 0) is 0 Å². The molecule has 0 bridgehead atoms. The summed E-state index contributed by atoms with van der Waals surface area (Å²) < 4.78 is 0. The zero-order valence-corrected chi connectivity index (χ0v) is 67.6. The van der Waals surface area contributed by atoms with Gasteiger partial charge in [0.1, 0.15) is 0 Å².